The summed E-state index contributed by atoms with van der Waals surface area (Å²) in [4.78, 5) is 0. The van der Waals surface area contributed by atoms with Crippen molar-refractivity contribution in [1.29, 1.82) is 0 Å². The molecule has 0 radical (unpaired) electrons. The molecule has 0 saturated carbocycles. The zero-order chi connectivity index (χ0) is 18.6. The average Bonchev–Trinajstić information content (AvgIpc) is 2.67. The summed E-state index contributed by atoms with van der Waals surface area (Å²) in [5, 5.41) is 3.54. The first kappa shape index (κ1) is 20.3. The summed E-state index contributed by atoms with van der Waals surface area (Å²) in [6.07, 6.45) is 6.49. The van der Waals surface area contributed by atoms with Crippen molar-refractivity contribution in [1.82, 2.24) is 5.32 Å². The van der Waals surface area contributed by atoms with Gasteiger partial charge >= 0.3 is 0 Å². The number of rotatable bonds is 12. The lowest BCUT2D eigenvalue weighted by Gasteiger charge is -2.16. The van der Waals surface area contributed by atoms with Crippen molar-refractivity contribution in [2.24, 2.45) is 0 Å². The molecule has 1 N–H and O–H groups in total. The van der Waals surface area contributed by atoms with E-state index >= 15 is 0 Å². The topological polar surface area (TPSA) is 30.5 Å². The minimum Gasteiger partial charge on any atom is -0.493 e. The molecule has 0 fully saturated rings. The summed E-state index contributed by atoms with van der Waals surface area (Å²) in [5.41, 5.74) is 3.57. The molecule has 2 aromatic carbocycles. The normalized spacial score (nSPS) is 10.7. The van der Waals surface area contributed by atoms with Crippen LogP contribution in [0.2, 0.25) is 0 Å². The molecule has 0 aliphatic heterocycles. The molecule has 0 heterocycles. The van der Waals surface area contributed by atoms with E-state index in [2.05, 4.69) is 49.5 Å². The van der Waals surface area contributed by atoms with E-state index in [4.69, 9.17) is 9.47 Å². The predicted molar refractivity (Wildman–Crippen MR) is 109 cm³/mol. The molecule has 0 aliphatic carbocycles. The van der Waals surface area contributed by atoms with Gasteiger partial charge in [0.25, 0.3) is 0 Å². The molecule has 0 amide bonds. The quantitative estimate of drug-likeness (QED) is 0.500. The number of hydrogen-bond donors (Lipinski definition) is 1. The summed E-state index contributed by atoms with van der Waals surface area (Å²) in [5.74, 6) is 1.63. The van der Waals surface area contributed by atoms with Crippen molar-refractivity contribution in [3.8, 4) is 11.5 Å². The number of hydrogen-bond acceptors (Lipinski definition) is 3. The van der Waals surface area contributed by atoms with Crippen LogP contribution in [0.25, 0.3) is 0 Å². The molecular formula is C23H33NO2. The number of benzene rings is 2. The van der Waals surface area contributed by atoms with Crippen LogP contribution in [0.15, 0.2) is 42.5 Å². The molecule has 2 rings (SSSR count). The van der Waals surface area contributed by atoms with Crippen molar-refractivity contribution in [2.75, 3.05) is 13.7 Å². The van der Waals surface area contributed by atoms with Gasteiger partial charge in [0.15, 0.2) is 11.5 Å². The van der Waals surface area contributed by atoms with Gasteiger partial charge in [0, 0.05) is 12.1 Å². The summed E-state index contributed by atoms with van der Waals surface area (Å²) in [6, 6.07) is 14.5. The Morgan fingerprint density at radius 2 is 1.69 bits per heavy atom. The molecule has 26 heavy (non-hydrogen) atoms. The minimum atomic E-state index is 0.546. The highest BCUT2D eigenvalue weighted by Gasteiger charge is 2.10. The highest BCUT2D eigenvalue weighted by Crippen LogP contribution is 2.31. The second kappa shape index (κ2) is 11.6. The van der Waals surface area contributed by atoms with Gasteiger partial charge in [-0.2, -0.15) is 0 Å². The summed E-state index contributed by atoms with van der Waals surface area (Å²) < 4.78 is 11.6. The van der Waals surface area contributed by atoms with Gasteiger partial charge in [-0.05, 0) is 31.5 Å². The number of aryl methyl sites for hydroxylation is 1. The van der Waals surface area contributed by atoms with Gasteiger partial charge in [0.1, 0.15) is 6.61 Å². The highest BCUT2D eigenvalue weighted by molar-refractivity contribution is 5.46. The minimum absolute atomic E-state index is 0.546. The summed E-state index contributed by atoms with van der Waals surface area (Å²) in [7, 11) is 1.69. The molecule has 142 valence electrons. The fraction of sp³-hybridized carbons (Fsp3) is 0.478. The van der Waals surface area contributed by atoms with E-state index < -0.39 is 0 Å². The van der Waals surface area contributed by atoms with Gasteiger partial charge in [-0.3, -0.25) is 0 Å². The van der Waals surface area contributed by atoms with Crippen molar-refractivity contribution < 1.29 is 9.47 Å². The first-order valence-electron chi connectivity index (χ1n) is 9.79. The lowest BCUT2D eigenvalue weighted by Crippen LogP contribution is -2.15. The molecule has 2 aromatic rings. The predicted octanol–water partition coefficient (Wildman–Crippen LogP) is 5.64. The van der Waals surface area contributed by atoms with Crippen LogP contribution in [0.4, 0.5) is 0 Å². The third-order valence-electron chi connectivity index (χ3n) is 4.56. The molecule has 0 spiro atoms. The van der Waals surface area contributed by atoms with E-state index in [1.165, 1.54) is 37.7 Å². The Morgan fingerprint density at radius 1 is 0.923 bits per heavy atom. The number of ether oxygens (including phenoxy) is 2. The van der Waals surface area contributed by atoms with Crippen LogP contribution >= 0.6 is 0 Å². The van der Waals surface area contributed by atoms with E-state index in [0.717, 1.165) is 35.7 Å². The van der Waals surface area contributed by atoms with Crippen LogP contribution < -0.4 is 14.8 Å². The molecule has 0 aromatic heterocycles. The molecule has 0 atom stereocenters. The maximum atomic E-state index is 6.13. The van der Waals surface area contributed by atoms with Crippen molar-refractivity contribution in [2.45, 2.75) is 59.1 Å². The lowest BCUT2D eigenvalue weighted by atomic mass is 10.1. The van der Waals surface area contributed by atoms with E-state index in [1.807, 2.05) is 12.1 Å². The van der Waals surface area contributed by atoms with Crippen LogP contribution in [0, 0.1) is 6.92 Å². The van der Waals surface area contributed by atoms with Gasteiger partial charge in [0.2, 0.25) is 0 Å². The highest BCUT2D eigenvalue weighted by atomic mass is 16.5. The average molecular weight is 356 g/mol. The Bertz CT molecular complexity index is 637. The zero-order valence-electron chi connectivity index (χ0n) is 16.5. The Kier molecular flexibility index (Phi) is 9.05. The van der Waals surface area contributed by atoms with Crippen LogP contribution in [0.3, 0.4) is 0 Å². The Morgan fingerprint density at radius 3 is 2.42 bits per heavy atom. The molecular weight excluding hydrogens is 322 g/mol. The van der Waals surface area contributed by atoms with Gasteiger partial charge in [0.05, 0.1) is 7.11 Å². The largest absolute Gasteiger partial charge is 0.493 e. The maximum Gasteiger partial charge on any atom is 0.166 e. The van der Waals surface area contributed by atoms with E-state index in [1.54, 1.807) is 7.11 Å². The van der Waals surface area contributed by atoms with Crippen LogP contribution in [0.1, 0.15) is 55.7 Å². The Balaban J connectivity index is 1.90. The fourth-order valence-corrected chi connectivity index (χ4v) is 2.94. The number of para-hydroxylation sites is 1. The molecule has 0 bridgehead atoms. The van der Waals surface area contributed by atoms with E-state index in [0.29, 0.717) is 6.61 Å². The molecule has 3 nitrogen and oxygen atoms in total. The first-order chi connectivity index (χ1) is 12.7. The second-order valence-corrected chi connectivity index (χ2v) is 6.81. The first-order valence-corrected chi connectivity index (χ1v) is 9.79. The van der Waals surface area contributed by atoms with Gasteiger partial charge in [-0.1, -0.05) is 74.6 Å². The number of methoxy groups -OCH3 is 1. The van der Waals surface area contributed by atoms with E-state index in [9.17, 15) is 0 Å². The third-order valence-corrected chi connectivity index (χ3v) is 4.56. The zero-order valence-corrected chi connectivity index (χ0v) is 16.5. The third kappa shape index (κ3) is 6.72. The van der Waals surface area contributed by atoms with Gasteiger partial charge in [-0.15, -0.1) is 0 Å². The van der Waals surface area contributed by atoms with Crippen molar-refractivity contribution >= 4 is 0 Å². The Hall–Kier alpha value is -2.00. The maximum absolute atomic E-state index is 6.13. The van der Waals surface area contributed by atoms with Crippen LogP contribution in [-0.2, 0) is 13.2 Å². The second-order valence-electron chi connectivity index (χ2n) is 6.81. The molecule has 3 heteroatoms. The smallest absolute Gasteiger partial charge is 0.166 e. The van der Waals surface area contributed by atoms with Gasteiger partial charge < -0.3 is 14.8 Å². The van der Waals surface area contributed by atoms with Crippen molar-refractivity contribution in [3.05, 3.63) is 59.2 Å². The summed E-state index contributed by atoms with van der Waals surface area (Å²) in [6.45, 7) is 6.73. The lowest BCUT2D eigenvalue weighted by molar-refractivity contribution is 0.280. The fourth-order valence-electron chi connectivity index (χ4n) is 2.94. The number of unbranched alkanes of at least 4 members (excludes halogenated alkanes) is 4. The van der Waals surface area contributed by atoms with Crippen LogP contribution in [-0.4, -0.2) is 13.7 Å². The summed E-state index contributed by atoms with van der Waals surface area (Å²) >= 11 is 0. The van der Waals surface area contributed by atoms with Crippen molar-refractivity contribution in [3.63, 3.8) is 0 Å². The molecule has 0 saturated heterocycles. The van der Waals surface area contributed by atoms with Gasteiger partial charge in [-0.25, -0.2) is 0 Å². The van der Waals surface area contributed by atoms with E-state index in [-0.39, 0.29) is 0 Å². The van der Waals surface area contributed by atoms with Crippen LogP contribution in [0.5, 0.6) is 11.5 Å². The standard InChI is InChI=1S/C23H33NO2/c1-4-5-6-7-8-16-24-17-21-10-9-11-22(25-3)23(21)26-18-20-14-12-19(2)13-15-20/h9-15,24H,4-8,16-18H2,1-3H3. The SMILES string of the molecule is CCCCCCCNCc1cccc(OC)c1OCc1ccc(C)cc1. The monoisotopic (exact) mass is 355 g/mol. The number of nitrogens with one attached hydrogen (secondary N) is 1. The molecule has 0 aliphatic rings. The molecule has 0 unspecified atom stereocenters. The Labute approximate surface area is 158 Å².